The molecular weight excluding hydrogens is 506 g/mol. The van der Waals surface area contributed by atoms with Crippen molar-refractivity contribution in [1.29, 1.82) is 10.5 Å². The molecule has 0 aromatic carbocycles. The van der Waals surface area contributed by atoms with Crippen molar-refractivity contribution < 1.29 is 22.3 Å². The number of halogens is 4. The number of hydrogen-bond acceptors (Lipinski definition) is 8. The molecule has 0 N–H and O–H groups in total. The molecule has 38 heavy (non-hydrogen) atoms. The summed E-state index contributed by atoms with van der Waals surface area (Å²) in [5.41, 5.74) is 1.04. The van der Waals surface area contributed by atoms with Crippen molar-refractivity contribution in [3.05, 3.63) is 59.6 Å². The summed E-state index contributed by atoms with van der Waals surface area (Å²) in [5.74, 6) is -1.12. The lowest BCUT2D eigenvalue weighted by Crippen LogP contribution is -2.31. The Hall–Kier alpha value is -4.72. The molecule has 0 aliphatic carbocycles. The molecule has 0 spiro atoms. The van der Waals surface area contributed by atoms with Crippen LogP contribution in [0.5, 0.6) is 5.88 Å². The van der Waals surface area contributed by atoms with E-state index in [4.69, 9.17) is 10.00 Å². The fraction of sp³-hybridized carbons (Fsp3) is 0.333. The maximum absolute atomic E-state index is 14.1. The van der Waals surface area contributed by atoms with Gasteiger partial charge >= 0.3 is 6.18 Å². The molecule has 1 aliphatic rings. The topological polar surface area (TPSA) is 121 Å². The van der Waals surface area contributed by atoms with Crippen LogP contribution in [0.25, 0.3) is 16.9 Å². The second-order valence-electron chi connectivity index (χ2n) is 8.76. The smallest absolute Gasteiger partial charge is 0.431 e. The van der Waals surface area contributed by atoms with Crippen LogP contribution in [0.15, 0.2) is 36.7 Å². The number of piperidine rings is 1. The lowest BCUT2D eigenvalue weighted by atomic mass is 10.0. The molecule has 5 rings (SSSR count). The van der Waals surface area contributed by atoms with E-state index in [1.807, 2.05) is 6.07 Å². The standard InChI is InChI=1S/C24H19F4N9O/c1-14-22(33-34-37(14)17-4-6-35(13-30)7-5-17)15-8-20-32-12-18(10-29)36(20)21(9-15)38-23(24(26,27)28)19-3-2-16(25)11-31-19/h2-3,8-9,11-12,17,23H,4-7H2,1H3/t23-/m0/s1. The van der Waals surface area contributed by atoms with E-state index in [2.05, 4.69) is 26.5 Å². The average Bonchev–Trinajstić information content (AvgIpc) is 3.50. The number of rotatable bonds is 5. The molecular formula is C24H19F4N9O. The molecule has 0 unspecified atom stereocenters. The van der Waals surface area contributed by atoms with Crippen LogP contribution in [0.1, 0.15) is 42.1 Å². The van der Waals surface area contributed by atoms with Gasteiger partial charge in [-0.2, -0.15) is 23.7 Å². The van der Waals surface area contributed by atoms with Gasteiger partial charge in [0.05, 0.1) is 29.8 Å². The summed E-state index contributed by atoms with van der Waals surface area (Å²) in [6.45, 7) is 2.96. The first-order chi connectivity index (χ1) is 18.2. The van der Waals surface area contributed by atoms with Gasteiger partial charge < -0.3 is 9.64 Å². The number of nitriles is 2. The molecule has 0 amide bonds. The molecule has 4 aromatic rings. The Morgan fingerprint density at radius 1 is 1.11 bits per heavy atom. The number of nitrogens with zero attached hydrogens (tertiary/aromatic N) is 9. The number of aromatic nitrogens is 6. The zero-order chi connectivity index (χ0) is 27.0. The summed E-state index contributed by atoms with van der Waals surface area (Å²) >= 11 is 0. The van der Waals surface area contributed by atoms with Gasteiger partial charge in [0.1, 0.15) is 28.9 Å². The third kappa shape index (κ3) is 4.56. The van der Waals surface area contributed by atoms with E-state index in [-0.39, 0.29) is 23.3 Å². The van der Waals surface area contributed by atoms with Crippen molar-refractivity contribution in [3.8, 4) is 29.4 Å². The number of hydrogen-bond donors (Lipinski definition) is 0. The summed E-state index contributed by atoms with van der Waals surface area (Å²) in [6, 6.07) is 6.56. The van der Waals surface area contributed by atoms with E-state index in [0.29, 0.717) is 49.1 Å². The zero-order valence-corrected chi connectivity index (χ0v) is 19.9. The summed E-state index contributed by atoms with van der Waals surface area (Å²) in [6.07, 6.45) is -2.05. The van der Waals surface area contributed by atoms with Crippen molar-refractivity contribution in [1.82, 2.24) is 34.3 Å². The molecule has 5 heterocycles. The average molecular weight is 525 g/mol. The maximum Gasteiger partial charge on any atom is 0.431 e. The summed E-state index contributed by atoms with van der Waals surface area (Å²) < 4.78 is 63.8. The van der Waals surface area contributed by atoms with E-state index in [1.165, 1.54) is 12.3 Å². The van der Waals surface area contributed by atoms with Crippen molar-refractivity contribution >= 4 is 5.65 Å². The summed E-state index contributed by atoms with van der Waals surface area (Å²) in [5, 5.41) is 27.2. The molecule has 0 radical (unpaired) electrons. The second-order valence-corrected chi connectivity index (χ2v) is 8.76. The van der Waals surface area contributed by atoms with Gasteiger partial charge in [0.25, 0.3) is 0 Å². The van der Waals surface area contributed by atoms with Crippen LogP contribution in [0.2, 0.25) is 0 Å². The molecule has 0 saturated carbocycles. The molecule has 1 aliphatic heterocycles. The minimum Gasteiger partial charge on any atom is -0.459 e. The Morgan fingerprint density at radius 2 is 1.87 bits per heavy atom. The molecule has 14 heteroatoms. The van der Waals surface area contributed by atoms with Gasteiger partial charge in [-0.05, 0) is 38.0 Å². The van der Waals surface area contributed by atoms with Gasteiger partial charge in [-0.15, -0.1) is 5.10 Å². The van der Waals surface area contributed by atoms with Crippen LogP contribution in [-0.2, 0) is 0 Å². The highest BCUT2D eigenvalue weighted by Crippen LogP contribution is 2.38. The van der Waals surface area contributed by atoms with E-state index >= 15 is 0 Å². The Balaban J connectivity index is 1.57. The van der Waals surface area contributed by atoms with E-state index in [1.54, 1.807) is 22.6 Å². The van der Waals surface area contributed by atoms with Gasteiger partial charge in [-0.25, -0.2) is 14.1 Å². The lowest BCUT2D eigenvalue weighted by molar-refractivity contribution is -0.200. The number of alkyl halides is 3. The van der Waals surface area contributed by atoms with E-state index < -0.39 is 23.8 Å². The summed E-state index contributed by atoms with van der Waals surface area (Å²) in [4.78, 5) is 9.38. The Morgan fingerprint density at radius 3 is 2.50 bits per heavy atom. The Kier molecular flexibility index (Phi) is 6.32. The molecule has 1 atom stereocenters. The highest BCUT2D eigenvalue weighted by Gasteiger charge is 2.44. The first-order valence-corrected chi connectivity index (χ1v) is 11.5. The number of likely N-dealkylation sites (tertiary alicyclic amines) is 1. The lowest BCUT2D eigenvalue weighted by Gasteiger charge is -2.28. The van der Waals surface area contributed by atoms with Gasteiger partial charge in [-0.3, -0.25) is 9.38 Å². The fourth-order valence-corrected chi connectivity index (χ4v) is 4.50. The van der Waals surface area contributed by atoms with E-state index in [0.717, 1.165) is 16.5 Å². The van der Waals surface area contributed by atoms with Crippen molar-refractivity contribution in [2.24, 2.45) is 0 Å². The van der Waals surface area contributed by atoms with Gasteiger partial charge in [0.15, 0.2) is 6.19 Å². The van der Waals surface area contributed by atoms with Crippen LogP contribution in [-0.4, -0.2) is 53.5 Å². The number of pyridine rings is 2. The molecule has 0 bridgehead atoms. The third-order valence-electron chi connectivity index (χ3n) is 6.40. The van der Waals surface area contributed by atoms with Crippen LogP contribution in [0.3, 0.4) is 0 Å². The van der Waals surface area contributed by atoms with Crippen LogP contribution < -0.4 is 4.74 Å². The maximum atomic E-state index is 14.1. The number of fused-ring (bicyclic) bond motifs is 1. The third-order valence-corrected chi connectivity index (χ3v) is 6.40. The van der Waals surface area contributed by atoms with Crippen LogP contribution in [0, 0.1) is 35.5 Å². The fourth-order valence-electron chi connectivity index (χ4n) is 4.50. The predicted octanol–water partition coefficient (Wildman–Crippen LogP) is 4.11. The minimum absolute atomic E-state index is 0.0103. The van der Waals surface area contributed by atoms with Crippen molar-refractivity contribution in [2.45, 2.75) is 38.1 Å². The molecule has 4 aromatic heterocycles. The van der Waals surface area contributed by atoms with Gasteiger partial charge in [0.2, 0.25) is 12.0 Å². The molecule has 1 saturated heterocycles. The first-order valence-electron chi connectivity index (χ1n) is 11.5. The largest absolute Gasteiger partial charge is 0.459 e. The zero-order valence-electron chi connectivity index (χ0n) is 19.9. The Bertz CT molecular complexity index is 1560. The monoisotopic (exact) mass is 525 g/mol. The van der Waals surface area contributed by atoms with Gasteiger partial charge in [-0.1, -0.05) is 5.21 Å². The number of imidazole rings is 1. The molecule has 194 valence electrons. The first kappa shape index (κ1) is 25.0. The number of ether oxygens (including phenoxy) is 1. The second kappa shape index (κ2) is 9.63. The van der Waals surface area contributed by atoms with Crippen LogP contribution >= 0.6 is 0 Å². The molecule has 1 fully saturated rings. The molecule has 10 nitrogen and oxygen atoms in total. The van der Waals surface area contributed by atoms with E-state index in [9.17, 15) is 22.8 Å². The quantitative estimate of drug-likeness (QED) is 0.282. The van der Waals surface area contributed by atoms with Crippen LogP contribution in [0.4, 0.5) is 17.6 Å². The highest BCUT2D eigenvalue weighted by molar-refractivity contribution is 5.68. The highest BCUT2D eigenvalue weighted by atomic mass is 19.4. The van der Waals surface area contributed by atoms with Crippen molar-refractivity contribution in [3.63, 3.8) is 0 Å². The SMILES string of the molecule is Cc1c(-c2cc(O[C@@H](c3ccc(F)cn3)C(F)(F)F)n3c(C#N)cnc3c2)nnn1C1CCN(C#N)CC1. The van der Waals surface area contributed by atoms with Crippen molar-refractivity contribution in [2.75, 3.05) is 13.1 Å². The normalized spacial score (nSPS) is 15.3. The van der Waals surface area contributed by atoms with Gasteiger partial charge in [0, 0.05) is 24.7 Å². The predicted molar refractivity (Wildman–Crippen MR) is 123 cm³/mol. The summed E-state index contributed by atoms with van der Waals surface area (Å²) in [7, 11) is 0. The minimum atomic E-state index is -4.90. The Labute approximate surface area is 213 Å².